The van der Waals surface area contributed by atoms with E-state index in [1.165, 1.54) is 0 Å². The van der Waals surface area contributed by atoms with Gasteiger partial charge in [0.05, 0.1) is 22.8 Å². The van der Waals surface area contributed by atoms with Crippen LogP contribution in [-0.4, -0.2) is 9.97 Å². The molecule has 1 heterocycles. The highest BCUT2D eigenvalue weighted by Crippen LogP contribution is 2.27. The minimum Gasteiger partial charge on any atom is -0.254 e. The van der Waals surface area contributed by atoms with Gasteiger partial charge in [0.2, 0.25) is 0 Å². The molecule has 2 rings (SSSR count). The van der Waals surface area contributed by atoms with E-state index in [4.69, 9.17) is 4.11 Å². The summed E-state index contributed by atoms with van der Waals surface area (Å²) in [6.45, 7) is 5.69. The summed E-state index contributed by atoms with van der Waals surface area (Å²) in [6.07, 6.45) is 0. The van der Waals surface area contributed by atoms with E-state index in [0.29, 0.717) is 11.4 Å². The van der Waals surface area contributed by atoms with Crippen LogP contribution in [0.4, 0.5) is 0 Å². The lowest BCUT2D eigenvalue weighted by Crippen LogP contribution is -2.17. The van der Waals surface area contributed by atoms with Crippen LogP contribution >= 0.6 is 0 Å². The van der Waals surface area contributed by atoms with Crippen molar-refractivity contribution in [1.82, 2.24) is 9.97 Å². The highest BCUT2D eigenvalue weighted by Gasteiger charge is 2.21. The Kier molecular flexibility index (Phi) is 2.33. The zero-order valence-corrected chi connectivity index (χ0v) is 11.3. The Morgan fingerprint density at radius 1 is 1.00 bits per heavy atom. The molecular weight excluding hydrogens is 220 g/mol. The smallest absolute Gasteiger partial charge is 0.0918 e. The monoisotopic (exact) mass is 243 g/mol. The van der Waals surface area contributed by atoms with E-state index >= 15 is 0 Å². The second kappa shape index (κ2) is 4.52. The standard InChI is InChI=1S/C16H20N2/c1-11-14(13-9-7-6-8-10-13)18-15(12(2)17-11)16(3,4)5/h6-10H,1-5H3/i1D3. The molecule has 0 unspecified atom stereocenters. The van der Waals surface area contributed by atoms with Gasteiger partial charge in [-0.15, -0.1) is 0 Å². The number of nitrogens with zero attached hydrogens (tertiary/aromatic N) is 2. The van der Waals surface area contributed by atoms with Crippen LogP contribution in [-0.2, 0) is 5.41 Å². The van der Waals surface area contributed by atoms with Gasteiger partial charge in [0, 0.05) is 15.1 Å². The zero-order chi connectivity index (χ0) is 15.8. The summed E-state index contributed by atoms with van der Waals surface area (Å²) in [7, 11) is 0. The molecule has 2 nitrogen and oxygen atoms in total. The lowest BCUT2D eigenvalue weighted by Gasteiger charge is -2.21. The topological polar surface area (TPSA) is 25.8 Å². The lowest BCUT2D eigenvalue weighted by molar-refractivity contribution is 0.559. The third kappa shape index (κ3) is 2.42. The summed E-state index contributed by atoms with van der Waals surface area (Å²) in [4.78, 5) is 9.02. The molecule has 94 valence electrons. The first kappa shape index (κ1) is 9.26. The predicted molar refractivity (Wildman–Crippen MR) is 75.6 cm³/mol. The molecule has 0 saturated carbocycles. The Morgan fingerprint density at radius 2 is 1.67 bits per heavy atom. The summed E-state index contributed by atoms with van der Waals surface area (Å²) in [5, 5.41) is 0. The number of aromatic nitrogens is 2. The van der Waals surface area contributed by atoms with E-state index < -0.39 is 6.85 Å². The van der Waals surface area contributed by atoms with Crippen molar-refractivity contribution in [2.24, 2.45) is 0 Å². The molecule has 2 heteroatoms. The average molecular weight is 243 g/mol. The highest BCUT2D eigenvalue weighted by molar-refractivity contribution is 5.61. The van der Waals surface area contributed by atoms with Crippen LogP contribution < -0.4 is 0 Å². The largest absolute Gasteiger partial charge is 0.254 e. The molecule has 0 aliphatic heterocycles. The fraction of sp³-hybridized carbons (Fsp3) is 0.375. The Morgan fingerprint density at radius 3 is 2.22 bits per heavy atom. The van der Waals surface area contributed by atoms with Crippen LogP contribution in [0.3, 0.4) is 0 Å². The van der Waals surface area contributed by atoms with E-state index in [-0.39, 0.29) is 11.1 Å². The molecule has 0 aliphatic carbocycles. The first-order valence-electron chi connectivity index (χ1n) is 7.56. The van der Waals surface area contributed by atoms with Crippen molar-refractivity contribution in [3.63, 3.8) is 0 Å². The molecule has 18 heavy (non-hydrogen) atoms. The molecule has 0 aliphatic rings. The molecular formula is C16H20N2. The van der Waals surface area contributed by atoms with Gasteiger partial charge in [-0.05, 0) is 13.8 Å². The minimum atomic E-state index is -2.28. The molecule has 1 aromatic carbocycles. The first-order chi connectivity index (χ1) is 9.60. The maximum Gasteiger partial charge on any atom is 0.0918 e. The molecule has 0 radical (unpaired) electrons. The van der Waals surface area contributed by atoms with E-state index in [9.17, 15) is 0 Å². The van der Waals surface area contributed by atoms with Gasteiger partial charge in [0.25, 0.3) is 0 Å². The molecule has 0 amide bonds. The van der Waals surface area contributed by atoms with Crippen LogP contribution in [0.25, 0.3) is 11.3 Å². The van der Waals surface area contributed by atoms with Gasteiger partial charge in [0.15, 0.2) is 0 Å². The molecule has 0 N–H and O–H groups in total. The Labute approximate surface area is 113 Å². The predicted octanol–water partition coefficient (Wildman–Crippen LogP) is 4.06. The molecule has 2 aromatic rings. The van der Waals surface area contributed by atoms with Gasteiger partial charge >= 0.3 is 0 Å². The van der Waals surface area contributed by atoms with Crippen molar-refractivity contribution in [3.05, 3.63) is 47.4 Å². The van der Waals surface area contributed by atoms with Crippen molar-refractivity contribution in [2.45, 2.75) is 40.0 Å². The Bertz CT molecular complexity index is 641. The lowest BCUT2D eigenvalue weighted by atomic mass is 9.90. The quantitative estimate of drug-likeness (QED) is 0.755. The van der Waals surface area contributed by atoms with E-state index in [1.54, 1.807) is 0 Å². The maximum atomic E-state index is 7.72. The molecule has 0 bridgehead atoms. The first-order valence-corrected chi connectivity index (χ1v) is 6.06. The Hall–Kier alpha value is -1.70. The van der Waals surface area contributed by atoms with Crippen LogP contribution in [0.15, 0.2) is 30.3 Å². The fourth-order valence-electron chi connectivity index (χ4n) is 2.03. The third-order valence-electron chi connectivity index (χ3n) is 2.83. The Balaban J connectivity index is 2.76. The number of hydrogen-bond acceptors (Lipinski definition) is 2. The second-order valence-electron chi connectivity index (χ2n) is 5.47. The van der Waals surface area contributed by atoms with Crippen molar-refractivity contribution in [3.8, 4) is 11.3 Å². The minimum absolute atomic E-state index is 0.0687. The number of rotatable bonds is 1. The van der Waals surface area contributed by atoms with Crippen molar-refractivity contribution in [1.29, 1.82) is 0 Å². The third-order valence-corrected chi connectivity index (χ3v) is 2.83. The second-order valence-corrected chi connectivity index (χ2v) is 5.47. The molecule has 0 spiro atoms. The normalized spacial score (nSPS) is 14.8. The summed E-state index contributed by atoms with van der Waals surface area (Å²) in [5.41, 5.74) is 2.61. The summed E-state index contributed by atoms with van der Waals surface area (Å²) >= 11 is 0. The van der Waals surface area contributed by atoms with Crippen LogP contribution in [0.1, 0.15) is 42.0 Å². The van der Waals surface area contributed by atoms with Gasteiger partial charge in [-0.1, -0.05) is 51.1 Å². The van der Waals surface area contributed by atoms with Gasteiger partial charge in [-0.25, -0.2) is 4.98 Å². The van der Waals surface area contributed by atoms with Crippen molar-refractivity contribution in [2.75, 3.05) is 0 Å². The zero-order valence-electron chi connectivity index (χ0n) is 14.3. The molecule has 1 aromatic heterocycles. The van der Waals surface area contributed by atoms with Crippen LogP contribution in [0, 0.1) is 13.8 Å². The number of hydrogen-bond donors (Lipinski definition) is 0. The SMILES string of the molecule is [2H]C([2H])([2H])c1nc(C)c(C(C)(C)C)nc1-c1ccccc1. The number of aryl methyl sites for hydroxylation is 2. The van der Waals surface area contributed by atoms with Gasteiger partial charge < -0.3 is 0 Å². The van der Waals surface area contributed by atoms with Crippen LogP contribution in [0.5, 0.6) is 0 Å². The summed E-state index contributed by atoms with van der Waals surface area (Å²) < 4.78 is 23.2. The van der Waals surface area contributed by atoms with Gasteiger partial charge in [-0.2, -0.15) is 0 Å². The van der Waals surface area contributed by atoms with E-state index in [2.05, 4.69) is 9.97 Å². The maximum absolute atomic E-state index is 7.72. The van der Waals surface area contributed by atoms with Crippen molar-refractivity contribution < 1.29 is 4.11 Å². The average Bonchev–Trinajstić information content (AvgIpc) is 2.37. The number of benzene rings is 1. The summed E-state index contributed by atoms with van der Waals surface area (Å²) in [6, 6.07) is 9.36. The summed E-state index contributed by atoms with van der Waals surface area (Å²) in [5.74, 6) is 0. The van der Waals surface area contributed by atoms with Gasteiger partial charge in [0.1, 0.15) is 0 Å². The fourth-order valence-corrected chi connectivity index (χ4v) is 2.03. The van der Waals surface area contributed by atoms with Crippen molar-refractivity contribution >= 4 is 0 Å². The molecule has 0 fully saturated rings. The van der Waals surface area contributed by atoms with Crippen LogP contribution in [0.2, 0.25) is 0 Å². The van der Waals surface area contributed by atoms with E-state index in [1.807, 2.05) is 58.0 Å². The van der Waals surface area contributed by atoms with Gasteiger partial charge in [-0.3, -0.25) is 4.98 Å². The molecule has 0 saturated heterocycles. The molecule has 0 atom stereocenters. The highest BCUT2D eigenvalue weighted by atomic mass is 14.9. The van der Waals surface area contributed by atoms with E-state index in [0.717, 1.165) is 11.3 Å².